The zero-order chi connectivity index (χ0) is 20.9. The summed E-state index contributed by atoms with van der Waals surface area (Å²) in [7, 11) is 0. The molecule has 3 aliphatic carbocycles. The SMILES string of the molecule is CCCC1CCC(C2CCC(c3ccc(C4CCC(CC)CC4)cc3F)CC2)CC1. The van der Waals surface area contributed by atoms with E-state index in [0.29, 0.717) is 11.8 Å². The van der Waals surface area contributed by atoms with Gasteiger partial charge < -0.3 is 0 Å². The first-order valence-electron chi connectivity index (χ1n) is 13.5. The summed E-state index contributed by atoms with van der Waals surface area (Å²) < 4.78 is 15.1. The lowest BCUT2D eigenvalue weighted by atomic mass is 9.68. The molecule has 3 saturated carbocycles. The first kappa shape index (κ1) is 22.3. The van der Waals surface area contributed by atoms with Gasteiger partial charge in [-0.05, 0) is 117 Å². The molecule has 1 heteroatoms. The summed E-state index contributed by atoms with van der Waals surface area (Å²) in [5, 5.41) is 0. The molecule has 0 N–H and O–H groups in total. The molecule has 0 amide bonds. The van der Waals surface area contributed by atoms with Gasteiger partial charge in [0.05, 0.1) is 0 Å². The molecule has 3 aliphatic rings. The van der Waals surface area contributed by atoms with Gasteiger partial charge in [0.25, 0.3) is 0 Å². The first-order chi connectivity index (χ1) is 14.7. The van der Waals surface area contributed by atoms with Crippen molar-refractivity contribution in [2.75, 3.05) is 0 Å². The van der Waals surface area contributed by atoms with Crippen LogP contribution in [-0.4, -0.2) is 0 Å². The van der Waals surface area contributed by atoms with E-state index < -0.39 is 0 Å². The fraction of sp³-hybridized carbons (Fsp3) is 0.793. The van der Waals surface area contributed by atoms with Crippen LogP contribution in [0.4, 0.5) is 4.39 Å². The number of hydrogen-bond acceptors (Lipinski definition) is 0. The molecule has 30 heavy (non-hydrogen) atoms. The zero-order valence-corrected chi connectivity index (χ0v) is 19.7. The van der Waals surface area contributed by atoms with E-state index >= 15 is 4.39 Å². The average molecular weight is 413 g/mol. The van der Waals surface area contributed by atoms with Gasteiger partial charge in [-0.25, -0.2) is 4.39 Å². The fourth-order valence-electron chi connectivity index (χ4n) is 7.29. The highest BCUT2D eigenvalue weighted by atomic mass is 19.1. The molecule has 3 fully saturated rings. The summed E-state index contributed by atoms with van der Waals surface area (Å²) in [6.07, 6.45) is 20.2. The zero-order valence-electron chi connectivity index (χ0n) is 19.7. The lowest BCUT2D eigenvalue weighted by molar-refractivity contribution is 0.156. The van der Waals surface area contributed by atoms with Crippen LogP contribution in [0.5, 0.6) is 0 Å². The van der Waals surface area contributed by atoms with Gasteiger partial charge in [0.2, 0.25) is 0 Å². The van der Waals surface area contributed by atoms with Crippen LogP contribution < -0.4 is 0 Å². The Morgan fingerprint density at radius 2 is 1.27 bits per heavy atom. The summed E-state index contributed by atoms with van der Waals surface area (Å²) in [4.78, 5) is 0. The minimum Gasteiger partial charge on any atom is -0.207 e. The second-order valence-electron chi connectivity index (χ2n) is 11.1. The fourth-order valence-corrected chi connectivity index (χ4v) is 7.29. The largest absolute Gasteiger partial charge is 0.207 e. The summed E-state index contributed by atoms with van der Waals surface area (Å²) in [6, 6.07) is 6.35. The summed E-state index contributed by atoms with van der Waals surface area (Å²) in [6.45, 7) is 4.64. The Bertz CT molecular complexity index is 640. The maximum Gasteiger partial charge on any atom is 0.126 e. The molecule has 0 radical (unpaired) electrons. The van der Waals surface area contributed by atoms with Gasteiger partial charge in [-0.3, -0.25) is 0 Å². The average Bonchev–Trinajstić information content (AvgIpc) is 2.80. The number of halogens is 1. The molecule has 4 rings (SSSR count). The predicted molar refractivity (Wildman–Crippen MR) is 126 cm³/mol. The van der Waals surface area contributed by atoms with Crippen molar-refractivity contribution < 1.29 is 4.39 Å². The van der Waals surface area contributed by atoms with E-state index in [1.807, 2.05) is 6.07 Å². The van der Waals surface area contributed by atoms with Crippen molar-refractivity contribution in [2.45, 2.75) is 122 Å². The molecule has 0 atom stereocenters. The third kappa shape index (κ3) is 5.31. The van der Waals surface area contributed by atoms with E-state index in [4.69, 9.17) is 0 Å². The van der Waals surface area contributed by atoms with Crippen molar-refractivity contribution in [1.82, 2.24) is 0 Å². The van der Waals surface area contributed by atoms with Crippen molar-refractivity contribution in [3.8, 4) is 0 Å². The number of hydrogen-bond donors (Lipinski definition) is 0. The van der Waals surface area contributed by atoms with E-state index in [1.165, 1.54) is 102 Å². The molecule has 0 nitrogen and oxygen atoms in total. The normalized spacial score (nSPS) is 35.3. The maximum absolute atomic E-state index is 15.1. The van der Waals surface area contributed by atoms with Crippen LogP contribution >= 0.6 is 0 Å². The summed E-state index contributed by atoms with van der Waals surface area (Å²) in [5.74, 6) is 4.94. The van der Waals surface area contributed by atoms with Gasteiger partial charge in [0.15, 0.2) is 0 Å². The van der Waals surface area contributed by atoms with Crippen LogP contribution in [0.1, 0.15) is 133 Å². The summed E-state index contributed by atoms with van der Waals surface area (Å²) in [5.41, 5.74) is 2.29. The van der Waals surface area contributed by atoms with E-state index in [2.05, 4.69) is 26.0 Å². The van der Waals surface area contributed by atoms with E-state index in [0.717, 1.165) is 29.2 Å². The molecular weight excluding hydrogens is 367 g/mol. The lowest BCUT2D eigenvalue weighted by Crippen LogP contribution is -2.25. The topological polar surface area (TPSA) is 0 Å². The minimum absolute atomic E-state index is 0.0913. The Hall–Kier alpha value is -0.850. The Kier molecular flexibility index (Phi) is 7.93. The Balaban J connectivity index is 1.28. The molecule has 0 saturated heterocycles. The summed E-state index contributed by atoms with van der Waals surface area (Å²) >= 11 is 0. The van der Waals surface area contributed by atoms with Crippen LogP contribution in [-0.2, 0) is 0 Å². The van der Waals surface area contributed by atoms with Crippen molar-refractivity contribution in [3.63, 3.8) is 0 Å². The van der Waals surface area contributed by atoms with Crippen molar-refractivity contribution in [3.05, 3.63) is 35.1 Å². The van der Waals surface area contributed by atoms with Gasteiger partial charge in [-0.2, -0.15) is 0 Å². The quantitative estimate of drug-likeness (QED) is 0.436. The molecule has 0 unspecified atom stereocenters. The monoisotopic (exact) mass is 412 g/mol. The smallest absolute Gasteiger partial charge is 0.126 e. The van der Waals surface area contributed by atoms with Gasteiger partial charge in [-0.15, -0.1) is 0 Å². The highest BCUT2D eigenvalue weighted by Gasteiger charge is 2.32. The predicted octanol–water partition coefficient (Wildman–Crippen LogP) is 9.39. The maximum atomic E-state index is 15.1. The third-order valence-electron chi connectivity index (χ3n) is 9.39. The molecule has 168 valence electrons. The van der Waals surface area contributed by atoms with Crippen molar-refractivity contribution >= 4 is 0 Å². The first-order valence-corrected chi connectivity index (χ1v) is 13.5. The molecule has 1 aromatic carbocycles. The van der Waals surface area contributed by atoms with Gasteiger partial charge >= 0.3 is 0 Å². The van der Waals surface area contributed by atoms with Crippen molar-refractivity contribution in [2.24, 2.45) is 23.7 Å². The van der Waals surface area contributed by atoms with Gasteiger partial charge in [0, 0.05) is 0 Å². The molecular formula is C29H45F. The van der Waals surface area contributed by atoms with Crippen LogP contribution in [0.15, 0.2) is 18.2 Å². The lowest BCUT2D eigenvalue weighted by Gasteiger charge is -2.38. The van der Waals surface area contributed by atoms with Crippen LogP contribution in [0.3, 0.4) is 0 Å². The Labute approximate surface area is 185 Å². The number of benzene rings is 1. The molecule has 0 heterocycles. The number of rotatable bonds is 6. The second kappa shape index (κ2) is 10.6. The molecule has 0 aromatic heterocycles. The molecule has 0 spiro atoms. The standard InChI is InChI=1S/C29H45F/c1-3-5-22-8-12-23(13-9-22)24-14-16-26(17-15-24)28-19-18-27(20-29(28)30)25-10-6-21(4-2)7-11-25/h18-26H,3-17H2,1-2H3. The van der Waals surface area contributed by atoms with E-state index in [-0.39, 0.29) is 5.82 Å². The van der Waals surface area contributed by atoms with Crippen LogP contribution in [0.25, 0.3) is 0 Å². The molecule has 0 aliphatic heterocycles. The highest BCUT2D eigenvalue weighted by molar-refractivity contribution is 5.30. The minimum atomic E-state index is 0.0913. The second-order valence-corrected chi connectivity index (χ2v) is 11.1. The van der Waals surface area contributed by atoms with Gasteiger partial charge in [0.1, 0.15) is 5.82 Å². The molecule has 1 aromatic rings. The van der Waals surface area contributed by atoms with Crippen molar-refractivity contribution in [1.29, 1.82) is 0 Å². The van der Waals surface area contributed by atoms with Gasteiger partial charge in [-0.1, -0.05) is 58.1 Å². The Morgan fingerprint density at radius 1 is 0.700 bits per heavy atom. The highest BCUT2D eigenvalue weighted by Crippen LogP contribution is 2.45. The van der Waals surface area contributed by atoms with E-state index in [1.54, 1.807) is 0 Å². The van der Waals surface area contributed by atoms with E-state index in [9.17, 15) is 0 Å². The van der Waals surface area contributed by atoms with Crippen LogP contribution in [0.2, 0.25) is 0 Å². The Morgan fingerprint density at radius 3 is 1.83 bits per heavy atom. The third-order valence-corrected chi connectivity index (χ3v) is 9.39. The van der Waals surface area contributed by atoms with Crippen LogP contribution in [0, 0.1) is 29.5 Å². The molecule has 0 bridgehead atoms.